The molecule has 2 aromatic rings. The van der Waals surface area contributed by atoms with Gasteiger partial charge in [-0.3, -0.25) is 4.98 Å². The second-order valence-corrected chi connectivity index (χ2v) is 6.07. The van der Waals surface area contributed by atoms with Gasteiger partial charge in [0.2, 0.25) is 0 Å². The Kier molecular flexibility index (Phi) is 5.07. The third-order valence-electron chi connectivity index (χ3n) is 4.39. The van der Waals surface area contributed by atoms with E-state index in [9.17, 15) is 0 Å². The normalized spacial score (nSPS) is 16.5. The second-order valence-electron chi connectivity index (χ2n) is 6.07. The van der Waals surface area contributed by atoms with Crippen LogP contribution in [0.3, 0.4) is 0 Å². The Morgan fingerprint density at radius 3 is 2.68 bits per heavy atom. The van der Waals surface area contributed by atoms with E-state index in [1.54, 1.807) is 0 Å². The molecule has 2 heterocycles. The lowest BCUT2D eigenvalue weighted by Crippen LogP contribution is -2.32. The van der Waals surface area contributed by atoms with Crippen LogP contribution in [0.4, 0.5) is 5.69 Å². The highest BCUT2D eigenvalue weighted by molar-refractivity contribution is 5.46. The number of pyridine rings is 1. The highest BCUT2D eigenvalue weighted by Crippen LogP contribution is 2.16. The average molecular weight is 295 g/mol. The topological polar surface area (TPSA) is 19.4 Å². The molecule has 0 atom stereocenters. The van der Waals surface area contributed by atoms with Crippen molar-refractivity contribution in [1.29, 1.82) is 0 Å². The zero-order chi connectivity index (χ0) is 15.2. The Bertz CT molecular complexity index is 582. The fourth-order valence-electron chi connectivity index (χ4n) is 3.11. The van der Waals surface area contributed by atoms with Gasteiger partial charge >= 0.3 is 0 Å². The van der Waals surface area contributed by atoms with Crippen LogP contribution in [0, 0.1) is 6.92 Å². The molecule has 0 radical (unpaired) electrons. The highest BCUT2D eigenvalue weighted by Gasteiger charge is 2.15. The van der Waals surface area contributed by atoms with Crippen molar-refractivity contribution in [2.24, 2.45) is 0 Å². The summed E-state index contributed by atoms with van der Waals surface area (Å²) in [5.41, 5.74) is 3.86. The van der Waals surface area contributed by atoms with Crippen LogP contribution in [0.25, 0.3) is 0 Å². The van der Waals surface area contributed by atoms with Gasteiger partial charge in [0.05, 0.1) is 0 Å². The van der Waals surface area contributed by atoms with Crippen molar-refractivity contribution in [3.63, 3.8) is 0 Å². The lowest BCUT2D eigenvalue weighted by atomic mass is 10.1. The molecule has 1 fully saturated rings. The lowest BCUT2D eigenvalue weighted by molar-refractivity contribution is 0.297. The van der Waals surface area contributed by atoms with Gasteiger partial charge in [-0.25, -0.2) is 0 Å². The molecule has 0 amide bonds. The summed E-state index contributed by atoms with van der Waals surface area (Å²) in [7, 11) is 0. The number of anilines is 1. The van der Waals surface area contributed by atoms with Gasteiger partial charge < -0.3 is 9.80 Å². The highest BCUT2D eigenvalue weighted by atomic mass is 15.2. The fourth-order valence-corrected chi connectivity index (χ4v) is 3.11. The molecule has 0 N–H and O–H groups in total. The van der Waals surface area contributed by atoms with Crippen LogP contribution in [0.2, 0.25) is 0 Å². The Morgan fingerprint density at radius 1 is 1.00 bits per heavy atom. The molecule has 1 aliphatic heterocycles. The number of aromatic nitrogens is 1. The van der Waals surface area contributed by atoms with E-state index in [4.69, 9.17) is 0 Å². The number of nitrogens with zero attached hydrogens (tertiary/aromatic N) is 3. The molecule has 1 aliphatic rings. The Morgan fingerprint density at radius 2 is 1.86 bits per heavy atom. The third kappa shape index (κ3) is 4.08. The van der Waals surface area contributed by atoms with Crippen molar-refractivity contribution in [1.82, 2.24) is 9.88 Å². The summed E-state index contributed by atoms with van der Waals surface area (Å²) >= 11 is 0. The summed E-state index contributed by atoms with van der Waals surface area (Å²) in [6, 6.07) is 15.1. The van der Waals surface area contributed by atoms with Crippen LogP contribution in [0.15, 0.2) is 48.7 Å². The molecule has 0 saturated carbocycles. The van der Waals surface area contributed by atoms with Gasteiger partial charge in [0, 0.05) is 43.8 Å². The predicted molar refractivity (Wildman–Crippen MR) is 92.4 cm³/mol. The molecule has 3 rings (SSSR count). The van der Waals surface area contributed by atoms with E-state index in [1.165, 1.54) is 24.2 Å². The first-order chi connectivity index (χ1) is 10.8. The van der Waals surface area contributed by atoms with Gasteiger partial charge in [0.25, 0.3) is 0 Å². The van der Waals surface area contributed by atoms with E-state index >= 15 is 0 Å². The average Bonchev–Trinajstić information content (AvgIpc) is 2.80. The van der Waals surface area contributed by atoms with E-state index in [0.717, 1.165) is 38.3 Å². The summed E-state index contributed by atoms with van der Waals surface area (Å²) in [5.74, 6) is 0. The van der Waals surface area contributed by atoms with Crippen LogP contribution in [0.1, 0.15) is 17.7 Å². The van der Waals surface area contributed by atoms with Gasteiger partial charge in [0.15, 0.2) is 0 Å². The first-order valence-corrected chi connectivity index (χ1v) is 8.25. The van der Waals surface area contributed by atoms with E-state index in [0.29, 0.717) is 0 Å². The van der Waals surface area contributed by atoms with Gasteiger partial charge in [-0.05, 0) is 44.0 Å². The molecular weight excluding hydrogens is 270 g/mol. The third-order valence-corrected chi connectivity index (χ3v) is 4.39. The molecular formula is C19H25N3. The van der Waals surface area contributed by atoms with Gasteiger partial charge in [-0.1, -0.05) is 30.3 Å². The van der Waals surface area contributed by atoms with E-state index in [-0.39, 0.29) is 0 Å². The number of benzene rings is 1. The van der Waals surface area contributed by atoms with Crippen molar-refractivity contribution in [2.45, 2.75) is 19.8 Å². The van der Waals surface area contributed by atoms with Crippen LogP contribution >= 0.6 is 0 Å². The predicted octanol–water partition coefficient (Wildman–Crippen LogP) is 3.14. The molecule has 0 aliphatic carbocycles. The number of rotatable bonds is 4. The lowest BCUT2D eigenvalue weighted by Gasteiger charge is -2.23. The van der Waals surface area contributed by atoms with Crippen molar-refractivity contribution in [2.75, 3.05) is 37.6 Å². The molecule has 1 aromatic carbocycles. The SMILES string of the molecule is Cc1cc(N2CCCN(CCc3ccccc3)CC2)ccn1. The van der Waals surface area contributed by atoms with E-state index in [2.05, 4.69) is 64.2 Å². The smallest absolute Gasteiger partial charge is 0.0400 e. The zero-order valence-corrected chi connectivity index (χ0v) is 13.4. The van der Waals surface area contributed by atoms with Gasteiger partial charge in [-0.15, -0.1) is 0 Å². The minimum Gasteiger partial charge on any atom is -0.370 e. The number of aryl methyl sites for hydroxylation is 1. The standard InChI is InChI=1S/C19H25N3/c1-17-16-19(8-10-20-17)22-12-5-11-21(14-15-22)13-9-18-6-3-2-4-7-18/h2-4,6-8,10,16H,5,9,11-15H2,1H3. The Balaban J connectivity index is 1.54. The van der Waals surface area contributed by atoms with Gasteiger partial charge in [-0.2, -0.15) is 0 Å². The van der Waals surface area contributed by atoms with Crippen LogP contribution in [0.5, 0.6) is 0 Å². The Hall–Kier alpha value is -1.87. The fraction of sp³-hybridized carbons (Fsp3) is 0.421. The van der Waals surface area contributed by atoms with Crippen LogP contribution in [-0.2, 0) is 6.42 Å². The van der Waals surface area contributed by atoms with Crippen LogP contribution in [-0.4, -0.2) is 42.6 Å². The van der Waals surface area contributed by atoms with E-state index in [1.807, 2.05) is 6.20 Å². The van der Waals surface area contributed by atoms with Crippen molar-refractivity contribution in [3.05, 3.63) is 59.9 Å². The van der Waals surface area contributed by atoms with E-state index < -0.39 is 0 Å². The molecule has 1 saturated heterocycles. The minimum absolute atomic E-state index is 1.10. The molecule has 0 spiro atoms. The zero-order valence-electron chi connectivity index (χ0n) is 13.4. The van der Waals surface area contributed by atoms with Crippen molar-refractivity contribution >= 4 is 5.69 Å². The largest absolute Gasteiger partial charge is 0.370 e. The summed E-state index contributed by atoms with van der Waals surface area (Å²) in [6.45, 7) is 7.83. The molecule has 3 nitrogen and oxygen atoms in total. The monoisotopic (exact) mass is 295 g/mol. The Labute approximate surface area is 133 Å². The minimum atomic E-state index is 1.10. The molecule has 0 unspecified atom stereocenters. The molecule has 22 heavy (non-hydrogen) atoms. The molecule has 3 heteroatoms. The number of hydrogen-bond donors (Lipinski definition) is 0. The summed E-state index contributed by atoms with van der Waals surface area (Å²) in [5, 5.41) is 0. The second kappa shape index (κ2) is 7.41. The van der Waals surface area contributed by atoms with Crippen molar-refractivity contribution in [3.8, 4) is 0 Å². The van der Waals surface area contributed by atoms with Gasteiger partial charge in [0.1, 0.15) is 0 Å². The van der Waals surface area contributed by atoms with Crippen LogP contribution < -0.4 is 4.90 Å². The summed E-state index contributed by atoms with van der Waals surface area (Å²) in [6.07, 6.45) is 4.30. The summed E-state index contributed by atoms with van der Waals surface area (Å²) < 4.78 is 0. The van der Waals surface area contributed by atoms with Crippen molar-refractivity contribution < 1.29 is 0 Å². The molecule has 116 valence electrons. The number of hydrogen-bond acceptors (Lipinski definition) is 3. The maximum absolute atomic E-state index is 4.30. The quantitative estimate of drug-likeness (QED) is 0.864. The maximum atomic E-state index is 4.30. The first kappa shape index (κ1) is 15.0. The first-order valence-electron chi connectivity index (χ1n) is 8.25. The molecule has 0 bridgehead atoms. The molecule has 1 aromatic heterocycles. The summed E-state index contributed by atoms with van der Waals surface area (Å²) in [4.78, 5) is 9.39. The maximum Gasteiger partial charge on any atom is 0.0400 e.